The lowest BCUT2D eigenvalue weighted by Gasteiger charge is -2.16. The molecule has 3 rings (SSSR count). The van der Waals surface area contributed by atoms with Crippen molar-refractivity contribution in [2.45, 2.75) is 11.8 Å². The Hall–Kier alpha value is -0.830. The van der Waals surface area contributed by atoms with Crippen LogP contribution < -0.4 is 0 Å². The fourth-order valence-electron chi connectivity index (χ4n) is 2.60. The van der Waals surface area contributed by atoms with Crippen LogP contribution in [0.3, 0.4) is 0 Å². The van der Waals surface area contributed by atoms with Gasteiger partial charge in [0.05, 0.1) is 4.83 Å². The van der Waals surface area contributed by atoms with Crippen LogP contribution in [0.4, 0.5) is 0 Å². The summed E-state index contributed by atoms with van der Waals surface area (Å²) in [6.45, 7) is 2.14. The second-order valence-corrected chi connectivity index (χ2v) is 7.35. The molecule has 21 heavy (non-hydrogen) atoms. The SMILES string of the molecule is Cc1ccc(C(Br)c2cc(Cl)cc(Br)c2)c2ccccc12. The zero-order chi connectivity index (χ0) is 15.0. The van der Waals surface area contributed by atoms with E-state index in [0.717, 1.165) is 15.1 Å². The van der Waals surface area contributed by atoms with E-state index in [1.165, 1.54) is 21.9 Å². The van der Waals surface area contributed by atoms with Gasteiger partial charge in [-0.2, -0.15) is 0 Å². The van der Waals surface area contributed by atoms with Crippen LogP contribution in [0.1, 0.15) is 21.5 Å². The Kier molecular flexibility index (Phi) is 4.39. The van der Waals surface area contributed by atoms with E-state index in [2.05, 4.69) is 81.2 Å². The van der Waals surface area contributed by atoms with Crippen LogP contribution in [0, 0.1) is 6.92 Å². The van der Waals surface area contributed by atoms with Gasteiger partial charge in [-0.1, -0.05) is 79.9 Å². The highest BCUT2D eigenvalue weighted by Crippen LogP contribution is 2.38. The monoisotopic (exact) mass is 422 g/mol. The van der Waals surface area contributed by atoms with E-state index in [9.17, 15) is 0 Å². The third-order valence-corrected chi connectivity index (χ3v) is 5.32. The fourth-order valence-corrected chi connectivity index (χ4v) is 4.14. The van der Waals surface area contributed by atoms with Gasteiger partial charge in [-0.3, -0.25) is 0 Å². The first-order chi connectivity index (χ1) is 10.1. The predicted molar refractivity (Wildman–Crippen MR) is 98.6 cm³/mol. The first-order valence-electron chi connectivity index (χ1n) is 6.64. The highest BCUT2D eigenvalue weighted by atomic mass is 79.9. The van der Waals surface area contributed by atoms with Gasteiger partial charge in [-0.15, -0.1) is 0 Å². The summed E-state index contributed by atoms with van der Waals surface area (Å²) in [5, 5.41) is 3.30. The molecule has 1 atom stereocenters. The normalized spacial score (nSPS) is 12.6. The Morgan fingerprint density at radius 1 is 0.952 bits per heavy atom. The second kappa shape index (κ2) is 6.12. The summed E-state index contributed by atoms with van der Waals surface area (Å²) < 4.78 is 0.992. The molecular weight excluding hydrogens is 411 g/mol. The lowest BCUT2D eigenvalue weighted by atomic mass is 9.96. The van der Waals surface area contributed by atoms with E-state index in [1.807, 2.05) is 12.1 Å². The maximum atomic E-state index is 6.17. The molecule has 3 aromatic carbocycles. The van der Waals surface area contributed by atoms with Gasteiger partial charge in [0.2, 0.25) is 0 Å². The molecule has 0 saturated carbocycles. The molecule has 0 aliphatic heterocycles. The second-order valence-electron chi connectivity index (χ2n) is 5.08. The molecule has 3 aromatic rings. The molecule has 0 aliphatic rings. The molecule has 1 unspecified atom stereocenters. The Balaban J connectivity index is 2.18. The highest BCUT2D eigenvalue weighted by Gasteiger charge is 2.15. The molecule has 0 fully saturated rings. The third kappa shape index (κ3) is 3.03. The largest absolute Gasteiger partial charge is 0.0843 e. The van der Waals surface area contributed by atoms with Gasteiger partial charge in [0.25, 0.3) is 0 Å². The number of fused-ring (bicyclic) bond motifs is 1. The van der Waals surface area contributed by atoms with Gasteiger partial charge < -0.3 is 0 Å². The molecule has 0 radical (unpaired) electrons. The van der Waals surface area contributed by atoms with Crippen molar-refractivity contribution in [1.29, 1.82) is 0 Å². The highest BCUT2D eigenvalue weighted by molar-refractivity contribution is 9.10. The van der Waals surface area contributed by atoms with Crippen LogP contribution in [0.15, 0.2) is 59.1 Å². The van der Waals surface area contributed by atoms with E-state index in [4.69, 9.17) is 11.6 Å². The van der Waals surface area contributed by atoms with Gasteiger partial charge in [0.15, 0.2) is 0 Å². The minimum absolute atomic E-state index is 0.109. The summed E-state index contributed by atoms with van der Waals surface area (Å²) in [4.78, 5) is 0.109. The summed E-state index contributed by atoms with van der Waals surface area (Å²) in [6.07, 6.45) is 0. The van der Waals surface area contributed by atoms with Crippen molar-refractivity contribution in [2.24, 2.45) is 0 Å². The number of hydrogen-bond donors (Lipinski definition) is 0. The average molecular weight is 425 g/mol. The average Bonchev–Trinajstić information content (AvgIpc) is 2.46. The molecule has 0 bridgehead atoms. The molecule has 3 heteroatoms. The molecule has 0 aromatic heterocycles. The van der Waals surface area contributed by atoms with Crippen molar-refractivity contribution in [3.63, 3.8) is 0 Å². The van der Waals surface area contributed by atoms with Crippen molar-refractivity contribution in [2.75, 3.05) is 0 Å². The minimum Gasteiger partial charge on any atom is -0.0843 e. The zero-order valence-electron chi connectivity index (χ0n) is 11.4. The van der Waals surface area contributed by atoms with Crippen molar-refractivity contribution in [3.05, 3.63) is 80.8 Å². The van der Waals surface area contributed by atoms with Crippen molar-refractivity contribution >= 4 is 54.2 Å². The predicted octanol–water partition coefficient (Wildman–Crippen LogP) is 7.05. The number of halogens is 3. The number of rotatable bonds is 2. The third-order valence-electron chi connectivity index (χ3n) is 3.63. The van der Waals surface area contributed by atoms with E-state index < -0.39 is 0 Å². The van der Waals surface area contributed by atoms with Crippen LogP contribution >= 0.6 is 43.5 Å². The summed E-state index contributed by atoms with van der Waals surface area (Å²) >= 11 is 13.5. The Morgan fingerprint density at radius 3 is 2.38 bits per heavy atom. The summed E-state index contributed by atoms with van der Waals surface area (Å²) in [6, 6.07) is 18.9. The fraction of sp³-hybridized carbons (Fsp3) is 0.111. The first-order valence-corrected chi connectivity index (χ1v) is 8.73. The van der Waals surface area contributed by atoms with Crippen molar-refractivity contribution < 1.29 is 0 Å². The van der Waals surface area contributed by atoms with Gasteiger partial charge in [0, 0.05) is 9.50 Å². The topological polar surface area (TPSA) is 0 Å². The molecule has 0 nitrogen and oxygen atoms in total. The van der Waals surface area contributed by atoms with Crippen LogP contribution in [0.2, 0.25) is 5.02 Å². The Morgan fingerprint density at radius 2 is 1.67 bits per heavy atom. The van der Waals surface area contributed by atoms with Gasteiger partial charge in [-0.05, 0) is 52.6 Å². The first kappa shape index (κ1) is 15.1. The number of alkyl halides is 1. The standard InChI is InChI=1S/C18H13Br2Cl/c1-11-6-7-17(16-5-3-2-4-15(11)16)18(20)12-8-13(19)10-14(21)9-12/h2-10,18H,1H3. The molecule has 0 aliphatic carbocycles. The van der Waals surface area contributed by atoms with Gasteiger partial charge >= 0.3 is 0 Å². The van der Waals surface area contributed by atoms with E-state index in [0.29, 0.717) is 0 Å². The molecule has 106 valence electrons. The van der Waals surface area contributed by atoms with Crippen molar-refractivity contribution in [1.82, 2.24) is 0 Å². The summed E-state index contributed by atoms with van der Waals surface area (Å²) in [7, 11) is 0. The quantitative estimate of drug-likeness (QED) is 0.387. The van der Waals surface area contributed by atoms with E-state index in [1.54, 1.807) is 0 Å². The van der Waals surface area contributed by atoms with Crippen LogP contribution in [0.5, 0.6) is 0 Å². The number of benzene rings is 3. The summed E-state index contributed by atoms with van der Waals surface area (Å²) in [5.41, 5.74) is 3.69. The van der Waals surface area contributed by atoms with Crippen LogP contribution in [0.25, 0.3) is 10.8 Å². The number of hydrogen-bond acceptors (Lipinski definition) is 0. The lowest BCUT2D eigenvalue weighted by molar-refractivity contribution is 1.19. The maximum absolute atomic E-state index is 6.17. The molecule has 0 amide bonds. The molecule has 0 spiro atoms. The molecular formula is C18H13Br2Cl. The van der Waals surface area contributed by atoms with Gasteiger partial charge in [0.1, 0.15) is 0 Å². The maximum Gasteiger partial charge on any atom is 0.0651 e. The lowest BCUT2D eigenvalue weighted by Crippen LogP contribution is -1.95. The zero-order valence-corrected chi connectivity index (χ0v) is 15.3. The number of aryl methyl sites for hydroxylation is 1. The van der Waals surface area contributed by atoms with Crippen LogP contribution in [-0.4, -0.2) is 0 Å². The Bertz CT molecular complexity index is 791. The smallest absolute Gasteiger partial charge is 0.0651 e. The Labute approximate surface area is 146 Å². The van der Waals surface area contributed by atoms with E-state index >= 15 is 0 Å². The molecule has 0 heterocycles. The van der Waals surface area contributed by atoms with Crippen molar-refractivity contribution in [3.8, 4) is 0 Å². The minimum atomic E-state index is 0.109. The molecule has 0 N–H and O–H groups in total. The van der Waals surface area contributed by atoms with Crippen LogP contribution in [-0.2, 0) is 0 Å². The summed E-state index contributed by atoms with van der Waals surface area (Å²) in [5.74, 6) is 0. The van der Waals surface area contributed by atoms with E-state index in [-0.39, 0.29) is 4.83 Å². The molecule has 0 saturated heterocycles. The van der Waals surface area contributed by atoms with Gasteiger partial charge in [-0.25, -0.2) is 0 Å².